The Morgan fingerprint density at radius 1 is 0.392 bits per heavy atom. The number of benzene rings is 7. The number of allylic oxidation sites excluding steroid dienone is 1. The van der Waals surface area contributed by atoms with Gasteiger partial charge in [-0.05, 0) is 260 Å². The van der Waals surface area contributed by atoms with Gasteiger partial charge in [0.05, 0.1) is 38.5 Å². The van der Waals surface area contributed by atoms with Gasteiger partial charge in [-0.2, -0.15) is 0 Å². The van der Waals surface area contributed by atoms with Crippen LogP contribution in [0.5, 0.6) is 5.75 Å². The van der Waals surface area contributed by atoms with Crippen LogP contribution in [0.1, 0.15) is 317 Å². The zero-order valence-electron chi connectivity index (χ0n) is 86.0. The summed E-state index contributed by atoms with van der Waals surface area (Å²) in [5.74, 6) is 13.9. The lowest BCUT2D eigenvalue weighted by Gasteiger charge is -2.23. The summed E-state index contributed by atoms with van der Waals surface area (Å²) < 4.78 is 148. The molecule has 0 aromatic heterocycles. The summed E-state index contributed by atoms with van der Waals surface area (Å²) in [6.07, 6.45) is 40.2. The number of hydrogen-bond acceptors (Lipinski definition) is 21. The number of anilines is 2. The highest BCUT2D eigenvalue weighted by atomic mass is 32.3. The van der Waals surface area contributed by atoms with Gasteiger partial charge in [-0.15, -0.1) is 12.4 Å². The molecule has 5 fully saturated rings. The number of hydrogen-bond donors (Lipinski definition) is 6. The zero-order chi connectivity index (χ0) is 105. The van der Waals surface area contributed by atoms with E-state index >= 15 is 0 Å². The number of aromatic hydroxyl groups is 1. The first-order valence-electron chi connectivity index (χ1n) is 51.3. The Kier molecular flexibility index (Phi) is 58.5. The molecule has 34 heteroatoms. The van der Waals surface area contributed by atoms with E-state index in [4.69, 9.17) is 16.6 Å². The maximum atomic E-state index is 12.9. The number of unbranched alkanes of at least 4 members (excludes halogenated alkanes) is 16. The van der Waals surface area contributed by atoms with Gasteiger partial charge in [0.2, 0.25) is 63.2 Å². The molecule has 1 saturated carbocycles. The van der Waals surface area contributed by atoms with Gasteiger partial charge in [0.1, 0.15) is 51.8 Å². The van der Waals surface area contributed by atoms with Crippen molar-refractivity contribution in [1.82, 2.24) is 17.3 Å². The Morgan fingerprint density at radius 3 is 1.08 bits per heavy atom. The molecule has 4 saturated heterocycles. The van der Waals surface area contributed by atoms with Gasteiger partial charge in [0.15, 0.2) is 22.0 Å². The molecule has 0 radical (unpaired) electrons. The molecule has 794 valence electrons. The van der Waals surface area contributed by atoms with Gasteiger partial charge in [0.25, 0.3) is 20.0 Å². The van der Waals surface area contributed by atoms with Gasteiger partial charge in [-0.1, -0.05) is 257 Å². The van der Waals surface area contributed by atoms with Crippen LogP contribution in [0.4, 0.5) is 11.4 Å². The van der Waals surface area contributed by atoms with Crippen LogP contribution in [-0.4, -0.2) is 201 Å². The fourth-order valence-electron chi connectivity index (χ4n) is 16.6. The first-order chi connectivity index (χ1) is 68.1. The number of phenols is 1. The van der Waals surface area contributed by atoms with Crippen molar-refractivity contribution in [2.24, 2.45) is 4.99 Å². The third kappa shape index (κ3) is 51.6. The molecule has 6 aliphatic rings. The molecule has 24 nitrogen and oxygen atoms in total. The predicted octanol–water partition coefficient (Wildman–Crippen LogP) is 20.8. The molecule has 0 atom stereocenters. The summed E-state index contributed by atoms with van der Waals surface area (Å²) in [5.41, 5.74) is 20.3. The van der Waals surface area contributed by atoms with Crippen molar-refractivity contribution in [2.75, 3.05) is 118 Å². The van der Waals surface area contributed by atoms with Crippen LogP contribution in [0, 0.1) is 6.92 Å². The summed E-state index contributed by atoms with van der Waals surface area (Å²) >= 11 is 0. The van der Waals surface area contributed by atoms with Crippen molar-refractivity contribution in [3.05, 3.63) is 233 Å². The molecule has 13 rings (SSSR count). The summed E-state index contributed by atoms with van der Waals surface area (Å²) in [6, 6.07) is 53.7. The SMILES string of the molecule is CC(C)(C(=O)c1ccc(C2CCCCC2)cc1)[S+]1CCCC1.CCCCCCCCS(=O)(=O)NS(=O)(=O)CCCCN(C)C.CCCCCCCCS(=O)(=O)NS(=O)(=O)c1ccc(N)cc1.CCCCCCCCS(=O)(=O)NS(=O)(=O)c1ccc(N)cc1.Cc1ccc(C2=NC=CC2)cc1.O=C(C[S+]1CCCC1)c1ccc(O)cc1.O=C(C[S+]1CCCC1)c1ccccc1.O=C(C[S+]1CCCC1)c1ccccc1. The number of aryl methyl sites for hydroxylation is 1. The third-order valence-corrected chi connectivity index (χ3v) is 46.3. The number of nitrogens with two attached hydrogens (primary N) is 2. The summed E-state index contributed by atoms with van der Waals surface area (Å²) in [6.45, 7) is 13.6. The third-order valence-electron chi connectivity index (χ3n) is 25.0. The number of aliphatic imine (C=N–C) groups is 1. The van der Waals surface area contributed by atoms with E-state index in [0.717, 1.165) is 155 Å². The predicted molar refractivity (Wildman–Crippen MR) is 605 cm³/mol. The highest BCUT2D eigenvalue weighted by molar-refractivity contribution is 8.05. The Labute approximate surface area is 871 Å². The molecule has 5 aliphatic heterocycles. The molecule has 0 amide bonds. The summed E-state index contributed by atoms with van der Waals surface area (Å²) in [7, 11) is -18.1. The average molecular weight is 2170 g/mol. The van der Waals surface area contributed by atoms with Crippen LogP contribution in [0.3, 0.4) is 0 Å². The quantitative estimate of drug-likeness (QED) is 0.00893. The van der Waals surface area contributed by atoms with Crippen LogP contribution in [0.15, 0.2) is 209 Å². The van der Waals surface area contributed by atoms with Gasteiger partial charge in [-0.25, -0.2) is 50.5 Å². The van der Waals surface area contributed by atoms with Gasteiger partial charge < -0.3 is 21.5 Å². The van der Waals surface area contributed by atoms with Crippen molar-refractivity contribution in [3.8, 4) is 5.75 Å². The van der Waals surface area contributed by atoms with E-state index in [1.807, 2.05) is 90.0 Å². The smallest absolute Gasteiger partial charge is 0.253 e. The molecular formula is C109H165N7O17S10+4. The molecular weight excluding hydrogens is 2000 g/mol. The van der Waals surface area contributed by atoms with Crippen molar-refractivity contribution in [3.63, 3.8) is 0 Å². The maximum absolute atomic E-state index is 12.9. The molecule has 143 heavy (non-hydrogen) atoms. The van der Waals surface area contributed by atoms with E-state index in [9.17, 15) is 69.7 Å². The number of Topliss-reactive ketones (excluding diaryl/α,β-unsaturated/α-hetero) is 4. The average Bonchev–Trinajstić information content (AvgIpc) is 1.77. The largest absolute Gasteiger partial charge is 0.508 e. The molecule has 5 heterocycles. The second-order valence-electron chi connectivity index (χ2n) is 38.1. The highest BCUT2D eigenvalue weighted by Crippen LogP contribution is 2.35. The topological polar surface area (TPSA) is 397 Å². The fraction of sp³-hybridized carbons (Fsp3) is 0.550. The summed E-state index contributed by atoms with van der Waals surface area (Å²) in [4.78, 5) is 54.4. The number of sulfonamides is 6. The highest BCUT2D eigenvalue weighted by Gasteiger charge is 2.47. The number of ketones is 4. The number of carbonyl (C=O) groups excluding carboxylic acids is 4. The van der Waals surface area contributed by atoms with Gasteiger partial charge in [0, 0.05) is 57.1 Å². The molecule has 7 aromatic rings. The van der Waals surface area contributed by atoms with Crippen molar-refractivity contribution < 1.29 is 74.8 Å². The number of nitrogen functional groups attached to an aromatic ring is 2. The van der Waals surface area contributed by atoms with Crippen LogP contribution in [0.2, 0.25) is 0 Å². The maximum Gasteiger partial charge on any atom is 0.253 e. The number of rotatable bonds is 48. The summed E-state index contributed by atoms with van der Waals surface area (Å²) in [5, 5.41) is 9.11. The van der Waals surface area contributed by atoms with Crippen molar-refractivity contribution >= 4 is 144 Å². The minimum atomic E-state index is -4.08. The molecule has 8 N–H and O–H groups in total. The van der Waals surface area contributed by atoms with Gasteiger partial charge in [-0.3, -0.25) is 24.2 Å². The first-order valence-corrected chi connectivity index (χ1v) is 67.6. The lowest BCUT2D eigenvalue weighted by Crippen LogP contribution is -2.41. The molecule has 0 spiro atoms. The number of phenolic OH excluding ortho intramolecular Hbond substituents is 1. The van der Waals surface area contributed by atoms with Crippen LogP contribution >= 0.6 is 0 Å². The normalized spacial score (nSPS) is 15.4. The van der Waals surface area contributed by atoms with Gasteiger partial charge >= 0.3 is 0 Å². The number of nitrogens with one attached hydrogen (secondary N) is 3. The molecule has 0 bridgehead atoms. The number of carbonyl (C=O) groups is 4. The van der Waals surface area contributed by atoms with E-state index in [1.165, 1.54) is 200 Å². The number of nitrogens with zero attached hydrogens (tertiary/aromatic N) is 2. The van der Waals surface area contributed by atoms with Crippen molar-refractivity contribution in [2.45, 2.75) is 280 Å². The Balaban J connectivity index is 0.000000252. The molecule has 1 aliphatic carbocycles. The van der Waals surface area contributed by atoms with E-state index in [0.29, 0.717) is 92.8 Å². The van der Waals surface area contributed by atoms with Crippen LogP contribution < -0.4 is 23.8 Å². The van der Waals surface area contributed by atoms with Crippen LogP contribution in [0.25, 0.3) is 0 Å². The van der Waals surface area contributed by atoms with E-state index in [2.05, 4.69) is 101 Å². The second kappa shape index (κ2) is 67.1. The van der Waals surface area contributed by atoms with E-state index < -0.39 is 60.1 Å². The fourth-order valence-corrected chi connectivity index (χ4v) is 35.7. The van der Waals surface area contributed by atoms with Crippen molar-refractivity contribution in [1.29, 1.82) is 0 Å². The van der Waals surface area contributed by atoms with Crippen LogP contribution in [-0.2, 0) is 104 Å². The molecule has 0 unspecified atom stereocenters. The monoisotopic (exact) mass is 2160 g/mol. The second-order valence-corrected chi connectivity index (χ2v) is 59.4. The van der Waals surface area contributed by atoms with E-state index in [1.54, 1.807) is 32.5 Å². The lowest BCUT2D eigenvalue weighted by molar-refractivity contribution is 0.0954. The standard InChI is InChI=1S/C20H29OS.2C14H24N2O4S2.C14H32N2O4S2.C12H14O2S.2C12H15OS.C11H11N/c1-20(2,22-14-6-7-15-22)19(21)18-12-10-17(11-13-18)16-8-4-3-5-9-16;2*1-2-3-4-5-6-7-12-21(17,18)16-22(19,20)14-10-8-13(15)9-11-14;1-4-5-6-7-8-10-13-21(17,18)15-22(19,20)14-11-9-12-16(2)3;13-11-5-3-10(4-6-11)12(14)9-15-7-1-2-8-15;2*13-12(10-14-8-4-5-9-14)11-6-2-1-3-7-11;1-9-4-6-10(7-5-9)11-3-2-8-12-11/h10-13,16H,3-9,14-15H2,1-2H3;2*8-11,16H,2-7,12,15H2,1H3;15H,4-14H2,1-3H3;3-6H,1-2,7-9H2;2*1-3,6-7H,4-5,8-10H2;2,4-8H,3H2,1H3/q+1;;;;;2*+1;/p+1. The Morgan fingerprint density at radius 2 is 0.727 bits per heavy atom. The minimum Gasteiger partial charge on any atom is -0.508 e. The zero-order valence-corrected chi connectivity index (χ0v) is 94.2. The Hall–Kier alpha value is -7.03. The molecule has 7 aromatic carbocycles. The minimum absolute atomic E-state index is 0.115. The Bertz CT molecular complexity index is 5460. The first kappa shape index (κ1) is 125. The van der Waals surface area contributed by atoms with E-state index in [-0.39, 0.29) is 60.0 Å². The lowest BCUT2D eigenvalue weighted by atomic mass is 9.83.